The quantitative estimate of drug-likeness (QED) is 0.658. The van der Waals surface area contributed by atoms with Crippen molar-refractivity contribution in [3.8, 4) is 12.3 Å². The van der Waals surface area contributed by atoms with E-state index in [4.69, 9.17) is 16.3 Å². The minimum Gasteiger partial charge on any atom is -0.365 e. The number of hydrogen-bond acceptors (Lipinski definition) is 4. The Balaban J connectivity index is 2.65. The highest BCUT2D eigenvalue weighted by Crippen LogP contribution is 2.22. The summed E-state index contributed by atoms with van der Waals surface area (Å²) in [5, 5.41) is 3.82. The molecule has 6 heteroatoms. The molecule has 0 saturated heterocycles. The zero-order valence-electron chi connectivity index (χ0n) is 8.18. The summed E-state index contributed by atoms with van der Waals surface area (Å²) in [4.78, 5) is 11.3. The molecular formula is C9H13NO4S. The summed E-state index contributed by atoms with van der Waals surface area (Å²) in [6, 6.07) is 0. The summed E-state index contributed by atoms with van der Waals surface area (Å²) < 4.78 is 27.4. The maximum atomic E-state index is 11.3. The Bertz CT molecular complexity index is 381. The zero-order valence-corrected chi connectivity index (χ0v) is 9.00. The van der Waals surface area contributed by atoms with Crippen LogP contribution in [-0.4, -0.2) is 32.2 Å². The molecule has 0 heterocycles. The molecule has 5 nitrogen and oxygen atoms in total. The van der Waals surface area contributed by atoms with Gasteiger partial charge in [-0.3, -0.25) is 4.79 Å². The van der Waals surface area contributed by atoms with E-state index in [1.807, 2.05) is 0 Å². The number of terminal acetylenes is 1. The Morgan fingerprint density at radius 1 is 1.60 bits per heavy atom. The second kappa shape index (κ2) is 4.75. The molecule has 1 aliphatic rings. The Kier molecular flexibility index (Phi) is 3.85. The molecule has 1 aliphatic carbocycles. The maximum absolute atomic E-state index is 11.3. The van der Waals surface area contributed by atoms with Crippen LogP contribution in [0.15, 0.2) is 0 Å². The van der Waals surface area contributed by atoms with Gasteiger partial charge in [0, 0.05) is 6.42 Å². The molecule has 0 aromatic rings. The first-order valence-electron chi connectivity index (χ1n) is 4.54. The number of ketones is 1. The van der Waals surface area contributed by atoms with Gasteiger partial charge in [0.15, 0.2) is 5.78 Å². The van der Waals surface area contributed by atoms with Crippen LogP contribution in [0.25, 0.3) is 0 Å². The summed E-state index contributed by atoms with van der Waals surface area (Å²) in [5.74, 6) is 1.96. The van der Waals surface area contributed by atoms with Crippen molar-refractivity contribution in [1.29, 1.82) is 0 Å². The number of carbonyl (C=O) groups excluding carboxylic acids is 1. The van der Waals surface area contributed by atoms with Crippen molar-refractivity contribution in [2.24, 2.45) is 5.14 Å². The average molecular weight is 231 g/mol. The van der Waals surface area contributed by atoms with Crippen molar-refractivity contribution in [3.05, 3.63) is 0 Å². The van der Waals surface area contributed by atoms with Crippen LogP contribution in [0.4, 0.5) is 0 Å². The van der Waals surface area contributed by atoms with E-state index in [9.17, 15) is 13.2 Å². The van der Waals surface area contributed by atoms with Crippen LogP contribution in [0.2, 0.25) is 0 Å². The van der Waals surface area contributed by atoms with Crippen LogP contribution in [0, 0.1) is 12.3 Å². The fraction of sp³-hybridized carbons (Fsp3) is 0.667. The molecule has 2 unspecified atom stereocenters. The fourth-order valence-electron chi connectivity index (χ4n) is 1.59. The van der Waals surface area contributed by atoms with Crippen LogP contribution >= 0.6 is 0 Å². The maximum Gasteiger partial charge on any atom is 0.219 e. The summed E-state index contributed by atoms with van der Waals surface area (Å²) >= 11 is 0. The summed E-state index contributed by atoms with van der Waals surface area (Å²) in [6.45, 7) is 0.121. The van der Waals surface area contributed by atoms with Gasteiger partial charge in [0.2, 0.25) is 10.0 Å². The Morgan fingerprint density at radius 2 is 2.27 bits per heavy atom. The third-order valence-corrected chi connectivity index (χ3v) is 3.60. The lowest BCUT2D eigenvalue weighted by Crippen LogP contribution is -2.42. The SMILES string of the molecule is C#CCOC1CCC(=O)C(S(N)(=O)=O)C1. The van der Waals surface area contributed by atoms with Gasteiger partial charge in [-0.15, -0.1) is 6.42 Å². The Labute approximate surface area is 89.0 Å². The molecule has 84 valence electrons. The van der Waals surface area contributed by atoms with E-state index in [0.29, 0.717) is 6.42 Å². The van der Waals surface area contributed by atoms with Crippen LogP contribution < -0.4 is 5.14 Å². The molecule has 0 aromatic heterocycles. The summed E-state index contributed by atoms with van der Waals surface area (Å²) in [5.41, 5.74) is 0. The molecule has 0 radical (unpaired) electrons. The van der Waals surface area contributed by atoms with E-state index in [0.717, 1.165) is 0 Å². The molecule has 0 spiro atoms. The van der Waals surface area contributed by atoms with Gasteiger partial charge in [-0.05, 0) is 12.8 Å². The molecule has 1 rings (SSSR count). The largest absolute Gasteiger partial charge is 0.365 e. The van der Waals surface area contributed by atoms with Gasteiger partial charge >= 0.3 is 0 Å². The topological polar surface area (TPSA) is 86.5 Å². The number of primary sulfonamides is 1. The first kappa shape index (κ1) is 12.2. The molecule has 1 fully saturated rings. The van der Waals surface area contributed by atoms with E-state index in [1.54, 1.807) is 0 Å². The molecule has 0 bridgehead atoms. The van der Waals surface area contributed by atoms with Gasteiger partial charge < -0.3 is 4.74 Å². The smallest absolute Gasteiger partial charge is 0.219 e. The number of carbonyl (C=O) groups is 1. The normalized spacial score (nSPS) is 27.3. The first-order valence-corrected chi connectivity index (χ1v) is 6.15. The van der Waals surface area contributed by atoms with Crippen LogP contribution in [-0.2, 0) is 19.6 Å². The molecule has 0 amide bonds. The lowest BCUT2D eigenvalue weighted by atomic mass is 9.96. The van der Waals surface area contributed by atoms with Crippen molar-refractivity contribution < 1.29 is 17.9 Å². The average Bonchev–Trinajstić information content (AvgIpc) is 2.15. The van der Waals surface area contributed by atoms with Gasteiger partial charge in [0.1, 0.15) is 11.9 Å². The first-order chi connectivity index (χ1) is 6.95. The summed E-state index contributed by atoms with van der Waals surface area (Å²) in [6.07, 6.45) is 5.51. The van der Waals surface area contributed by atoms with Crippen molar-refractivity contribution in [2.45, 2.75) is 30.6 Å². The Hall–Kier alpha value is -0.900. The number of sulfonamides is 1. The van der Waals surface area contributed by atoms with Gasteiger partial charge in [-0.1, -0.05) is 5.92 Å². The highest BCUT2D eigenvalue weighted by Gasteiger charge is 2.36. The zero-order chi connectivity index (χ0) is 11.5. The van der Waals surface area contributed by atoms with E-state index in [2.05, 4.69) is 5.92 Å². The second-order valence-corrected chi connectivity index (χ2v) is 5.20. The summed E-state index contributed by atoms with van der Waals surface area (Å²) in [7, 11) is -3.81. The van der Waals surface area contributed by atoms with E-state index in [1.165, 1.54) is 0 Å². The highest BCUT2D eigenvalue weighted by atomic mass is 32.2. The van der Waals surface area contributed by atoms with Crippen molar-refractivity contribution >= 4 is 15.8 Å². The third kappa shape index (κ3) is 3.30. The fourth-order valence-corrected chi connectivity index (χ4v) is 2.55. The van der Waals surface area contributed by atoms with E-state index >= 15 is 0 Å². The standard InChI is InChI=1S/C9H13NO4S/c1-2-5-14-7-3-4-8(11)9(6-7)15(10,12)13/h1,7,9H,3-6H2,(H2,10,12,13). The van der Waals surface area contributed by atoms with Crippen molar-refractivity contribution in [2.75, 3.05) is 6.61 Å². The molecular weight excluding hydrogens is 218 g/mol. The second-order valence-electron chi connectivity index (χ2n) is 3.46. The lowest BCUT2D eigenvalue weighted by Gasteiger charge is -2.26. The van der Waals surface area contributed by atoms with Gasteiger partial charge in [0.05, 0.1) is 6.10 Å². The Morgan fingerprint density at radius 3 is 2.80 bits per heavy atom. The van der Waals surface area contributed by atoms with Crippen molar-refractivity contribution in [3.63, 3.8) is 0 Å². The predicted molar refractivity (Wildman–Crippen MR) is 54.3 cm³/mol. The third-order valence-electron chi connectivity index (χ3n) is 2.35. The molecule has 2 N–H and O–H groups in total. The van der Waals surface area contributed by atoms with Crippen molar-refractivity contribution in [1.82, 2.24) is 0 Å². The molecule has 15 heavy (non-hydrogen) atoms. The van der Waals surface area contributed by atoms with Crippen LogP contribution in [0.1, 0.15) is 19.3 Å². The van der Waals surface area contributed by atoms with Gasteiger partial charge in [-0.25, -0.2) is 13.6 Å². The lowest BCUT2D eigenvalue weighted by molar-refractivity contribution is -0.122. The molecule has 1 saturated carbocycles. The van der Waals surface area contributed by atoms with Gasteiger partial charge in [-0.2, -0.15) is 0 Å². The minimum atomic E-state index is -3.81. The molecule has 0 aromatic carbocycles. The van der Waals surface area contributed by atoms with Crippen LogP contribution in [0.3, 0.4) is 0 Å². The number of ether oxygens (including phenoxy) is 1. The number of rotatable bonds is 3. The number of nitrogens with two attached hydrogens (primary N) is 1. The number of Topliss-reactive ketones (excluding diaryl/α,β-unsaturated/α-hetero) is 1. The highest BCUT2D eigenvalue weighted by molar-refractivity contribution is 7.90. The predicted octanol–water partition coefficient (Wildman–Crippen LogP) is -0.585. The van der Waals surface area contributed by atoms with E-state index in [-0.39, 0.29) is 31.3 Å². The van der Waals surface area contributed by atoms with Gasteiger partial charge in [0.25, 0.3) is 0 Å². The molecule has 2 atom stereocenters. The monoisotopic (exact) mass is 231 g/mol. The van der Waals surface area contributed by atoms with Crippen LogP contribution in [0.5, 0.6) is 0 Å². The minimum absolute atomic E-state index is 0.110. The molecule has 0 aliphatic heterocycles. The van der Waals surface area contributed by atoms with E-state index < -0.39 is 15.3 Å². The number of hydrogen-bond donors (Lipinski definition) is 1.